The zero-order chi connectivity index (χ0) is 16.4. The van der Waals surface area contributed by atoms with Gasteiger partial charge in [0.05, 0.1) is 16.7 Å². The molecule has 0 spiro atoms. The van der Waals surface area contributed by atoms with Crippen LogP contribution in [0.25, 0.3) is 0 Å². The summed E-state index contributed by atoms with van der Waals surface area (Å²) >= 11 is 0. The number of rotatable bonds is 4. The molecule has 1 fully saturated rings. The highest BCUT2D eigenvalue weighted by Crippen LogP contribution is 2.16. The van der Waals surface area contributed by atoms with Crippen LogP contribution in [0.3, 0.4) is 0 Å². The fourth-order valence-electron chi connectivity index (χ4n) is 1.79. The van der Waals surface area contributed by atoms with Crippen LogP contribution in [0.4, 0.5) is 0 Å². The summed E-state index contributed by atoms with van der Waals surface area (Å²) in [6.45, 7) is 0. The van der Waals surface area contributed by atoms with E-state index in [0.29, 0.717) is 0 Å². The van der Waals surface area contributed by atoms with Crippen LogP contribution in [0.5, 0.6) is 0 Å². The van der Waals surface area contributed by atoms with Gasteiger partial charge < -0.3 is 15.1 Å². The van der Waals surface area contributed by atoms with Crippen LogP contribution < -0.4 is 0 Å². The minimum Gasteiger partial charge on any atom is -0.478 e. The standard InChI is InChI=1S/C13H9NO8/c15-9-1-2-10(16)14(9)22-13(21)8-4-6(11(17)18)3-7(5-8)12(19)20/h3-5H,1-2H2,(H,17,18)(H,19,20). The molecule has 2 amide bonds. The first kappa shape index (κ1) is 15.2. The monoisotopic (exact) mass is 307 g/mol. The largest absolute Gasteiger partial charge is 0.478 e. The molecule has 9 heteroatoms. The minimum absolute atomic E-state index is 0.0956. The lowest BCUT2D eigenvalue weighted by Crippen LogP contribution is -2.32. The summed E-state index contributed by atoms with van der Waals surface area (Å²) in [7, 11) is 0. The lowest BCUT2D eigenvalue weighted by molar-refractivity contribution is -0.172. The summed E-state index contributed by atoms with van der Waals surface area (Å²) < 4.78 is 0. The average Bonchev–Trinajstić information content (AvgIpc) is 2.78. The van der Waals surface area contributed by atoms with Crippen LogP contribution in [0.1, 0.15) is 43.9 Å². The van der Waals surface area contributed by atoms with Crippen molar-refractivity contribution in [3.8, 4) is 0 Å². The second-order valence-corrected chi connectivity index (χ2v) is 4.37. The normalized spacial score (nSPS) is 14.1. The van der Waals surface area contributed by atoms with E-state index in [1.165, 1.54) is 0 Å². The zero-order valence-corrected chi connectivity index (χ0v) is 10.9. The van der Waals surface area contributed by atoms with Gasteiger partial charge in [0, 0.05) is 12.8 Å². The zero-order valence-electron chi connectivity index (χ0n) is 10.9. The third-order valence-electron chi connectivity index (χ3n) is 2.84. The van der Waals surface area contributed by atoms with Crippen LogP contribution in [0.15, 0.2) is 18.2 Å². The Balaban J connectivity index is 2.32. The molecule has 0 aromatic heterocycles. The first-order valence-electron chi connectivity index (χ1n) is 5.99. The quantitative estimate of drug-likeness (QED) is 0.757. The summed E-state index contributed by atoms with van der Waals surface area (Å²) in [6.07, 6.45) is -0.191. The molecule has 1 aromatic carbocycles. The first-order valence-corrected chi connectivity index (χ1v) is 5.99. The Bertz CT molecular complexity index is 660. The van der Waals surface area contributed by atoms with Crippen LogP contribution in [0.2, 0.25) is 0 Å². The van der Waals surface area contributed by atoms with Gasteiger partial charge in [0.2, 0.25) is 0 Å². The lowest BCUT2D eigenvalue weighted by atomic mass is 10.1. The van der Waals surface area contributed by atoms with E-state index >= 15 is 0 Å². The molecule has 0 radical (unpaired) electrons. The van der Waals surface area contributed by atoms with Crippen molar-refractivity contribution in [3.63, 3.8) is 0 Å². The second-order valence-electron chi connectivity index (χ2n) is 4.37. The van der Waals surface area contributed by atoms with Gasteiger partial charge in [-0.1, -0.05) is 0 Å². The van der Waals surface area contributed by atoms with Gasteiger partial charge in [-0.05, 0) is 18.2 Å². The Morgan fingerprint density at radius 2 is 1.27 bits per heavy atom. The van der Waals surface area contributed by atoms with E-state index in [4.69, 9.17) is 10.2 Å². The van der Waals surface area contributed by atoms with Crippen molar-refractivity contribution in [2.24, 2.45) is 0 Å². The minimum atomic E-state index is -1.44. The maximum Gasteiger partial charge on any atom is 0.363 e. The highest BCUT2D eigenvalue weighted by molar-refractivity contribution is 6.04. The molecule has 114 valence electrons. The van der Waals surface area contributed by atoms with Gasteiger partial charge in [-0.2, -0.15) is 0 Å². The molecule has 22 heavy (non-hydrogen) atoms. The number of carboxylic acids is 2. The van der Waals surface area contributed by atoms with E-state index in [2.05, 4.69) is 4.84 Å². The molecule has 1 aliphatic heterocycles. The number of hydrogen-bond donors (Lipinski definition) is 2. The van der Waals surface area contributed by atoms with E-state index in [-0.39, 0.29) is 17.9 Å². The second kappa shape index (κ2) is 5.64. The van der Waals surface area contributed by atoms with Gasteiger partial charge in [0.25, 0.3) is 11.8 Å². The van der Waals surface area contributed by atoms with Gasteiger partial charge in [0.15, 0.2) is 0 Å². The smallest absolute Gasteiger partial charge is 0.363 e. The van der Waals surface area contributed by atoms with Crippen molar-refractivity contribution in [1.82, 2.24) is 5.06 Å². The van der Waals surface area contributed by atoms with Gasteiger partial charge in [0.1, 0.15) is 0 Å². The third-order valence-corrected chi connectivity index (χ3v) is 2.84. The van der Waals surface area contributed by atoms with Crippen molar-refractivity contribution >= 4 is 29.7 Å². The summed E-state index contributed by atoms with van der Waals surface area (Å²) in [6, 6.07) is 2.65. The molecule has 1 aromatic rings. The van der Waals surface area contributed by atoms with E-state index in [9.17, 15) is 24.0 Å². The van der Waals surface area contributed by atoms with Crippen molar-refractivity contribution in [3.05, 3.63) is 34.9 Å². The number of aromatic carboxylic acids is 2. The number of imide groups is 1. The summed E-state index contributed by atoms with van der Waals surface area (Å²) in [5.41, 5.74) is -1.28. The molecule has 0 bridgehead atoms. The fraction of sp³-hybridized carbons (Fsp3) is 0.154. The summed E-state index contributed by atoms with van der Waals surface area (Å²) in [5, 5.41) is 18.1. The Morgan fingerprint density at radius 1 is 0.864 bits per heavy atom. The number of hydrogen-bond acceptors (Lipinski definition) is 6. The first-order chi connectivity index (χ1) is 10.3. The van der Waals surface area contributed by atoms with Crippen LogP contribution in [-0.4, -0.2) is 45.0 Å². The lowest BCUT2D eigenvalue weighted by Gasteiger charge is -2.13. The Morgan fingerprint density at radius 3 is 1.68 bits per heavy atom. The number of nitrogens with zero attached hydrogens (tertiary/aromatic N) is 1. The van der Waals surface area contributed by atoms with E-state index in [0.717, 1.165) is 18.2 Å². The highest BCUT2D eigenvalue weighted by Gasteiger charge is 2.33. The summed E-state index contributed by atoms with van der Waals surface area (Å²) in [4.78, 5) is 61.0. The topological polar surface area (TPSA) is 138 Å². The molecular weight excluding hydrogens is 298 g/mol. The molecular formula is C13H9NO8. The molecule has 0 atom stereocenters. The Kier molecular flexibility index (Phi) is 3.89. The van der Waals surface area contributed by atoms with Gasteiger partial charge in [-0.25, -0.2) is 14.4 Å². The maximum atomic E-state index is 11.9. The SMILES string of the molecule is O=C(O)c1cc(C(=O)O)cc(C(=O)ON2C(=O)CCC2=O)c1. The number of benzene rings is 1. The number of carboxylic acid groups (broad SMARTS) is 2. The van der Waals surface area contributed by atoms with Crippen LogP contribution in [0, 0.1) is 0 Å². The van der Waals surface area contributed by atoms with Crippen LogP contribution >= 0.6 is 0 Å². The van der Waals surface area contributed by atoms with Gasteiger partial charge >= 0.3 is 17.9 Å². The van der Waals surface area contributed by atoms with E-state index in [1.807, 2.05) is 0 Å². The van der Waals surface area contributed by atoms with E-state index < -0.39 is 46.4 Å². The molecule has 0 aliphatic carbocycles. The maximum absolute atomic E-state index is 11.9. The number of carbonyl (C=O) groups is 5. The molecule has 2 rings (SSSR count). The van der Waals surface area contributed by atoms with Crippen LogP contribution in [-0.2, 0) is 14.4 Å². The van der Waals surface area contributed by atoms with Gasteiger partial charge in [-0.15, -0.1) is 5.06 Å². The number of amides is 2. The molecule has 0 unspecified atom stereocenters. The average molecular weight is 307 g/mol. The number of carbonyl (C=O) groups excluding carboxylic acids is 3. The van der Waals surface area contributed by atoms with Crippen molar-refractivity contribution in [2.75, 3.05) is 0 Å². The molecule has 1 saturated heterocycles. The molecule has 2 N–H and O–H groups in total. The third kappa shape index (κ3) is 2.92. The Labute approximate surface area is 122 Å². The fourth-order valence-corrected chi connectivity index (χ4v) is 1.79. The molecule has 9 nitrogen and oxygen atoms in total. The molecule has 0 saturated carbocycles. The molecule has 1 aliphatic rings. The van der Waals surface area contributed by atoms with Crippen molar-refractivity contribution in [1.29, 1.82) is 0 Å². The predicted molar refractivity (Wildman–Crippen MR) is 66.9 cm³/mol. The van der Waals surface area contributed by atoms with Gasteiger partial charge in [-0.3, -0.25) is 9.59 Å². The van der Waals surface area contributed by atoms with Crippen molar-refractivity contribution in [2.45, 2.75) is 12.8 Å². The molecule has 1 heterocycles. The van der Waals surface area contributed by atoms with Crippen molar-refractivity contribution < 1.29 is 39.0 Å². The van der Waals surface area contributed by atoms with E-state index in [1.54, 1.807) is 0 Å². The predicted octanol–water partition coefficient (Wildman–Crippen LogP) is 0.304. The number of hydroxylamine groups is 2. The highest BCUT2D eigenvalue weighted by atomic mass is 16.7. The Hall–Kier alpha value is -3.23. The summed E-state index contributed by atoms with van der Waals surface area (Å²) in [5.74, 6) is -5.48.